The van der Waals surface area contributed by atoms with Crippen molar-refractivity contribution in [2.24, 2.45) is 5.92 Å². The maximum Gasteiger partial charge on any atom is 0.305 e. The summed E-state index contributed by atoms with van der Waals surface area (Å²) in [6.07, 6.45) is 3.62. The van der Waals surface area contributed by atoms with Gasteiger partial charge in [-0.3, -0.25) is 9.59 Å². The lowest BCUT2D eigenvalue weighted by Gasteiger charge is -2.32. The molecule has 1 atom stereocenters. The molecule has 4 heteroatoms. The first-order valence-electron chi connectivity index (χ1n) is 5.50. The lowest BCUT2D eigenvalue weighted by molar-refractivity contribution is -0.139. The molecule has 0 aliphatic heterocycles. The van der Waals surface area contributed by atoms with Gasteiger partial charge in [0.15, 0.2) is 0 Å². The zero-order chi connectivity index (χ0) is 11.5. The van der Waals surface area contributed by atoms with Crippen molar-refractivity contribution in [1.82, 2.24) is 5.32 Å². The van der Waals surface area contributed by atoms with Crippen LogP contribution in [0, 0.1) is 5.92 Å². The van der Waals surface area contributed by atoms with Crippen LogP contribution in [-0.4, -0.2) is 22.5 Å². The number of hydrogen-bond acceptors (Lipinski definition) is 2. The van der Waals surface area contributed by atoms with Crippen LogP contribution in [0.5, 0.6) is 0 Å². The summed E-state index contributed by atoms with van der Waals surface area (Å²) in [5, 5.41) is 11.6. The minimum atomic E-state index is -0.867. The number of rotatable bonds is 5. The van der Waals surface area contributed by atoms with Crippen molar-refractivity contribution in [2.45, 2.75) is 51.5 Å². The molecule has 1 fully saturated rings. The molecule has 86 valence electrons. The van der Waals surface area contributed by atoms with E-state index in [-0.39, 0.29) is 18.2 Å². The second kappa shape index (κ2) is 4.64. The van der Waals surface area contributed by atoms with E-state index >= 15 is 0 Å². The molecule has 0 unspecified atom stereocenters. The average molecular weight is 213 g/mol. The Labute approximate surface area is 90.0 Å². The van der Waals surface area contributed by atoms with E-state index in [1.54, 1.807) is 6.92 Å². The smallest absolute Gasteiger partial charge is 0.305 e. The minimum Gasteiger partial charge on any atom is -0.481 e. The maximum absolute atomic E-state index is 11.7. The Morgan fingerprint density at radius 1 is 1.47 bits per heavy atom. The van der Waals surface area contributed by atoms with Crippen LogP contribution in [0.1, 0.15) is 46.0 Å². The third-order valence-electron chi connectivity index (χ3n) is 3.22. The van der Waals surface area contributed by atoms with E-state index in [4.69, 9.17) is 5.11 Å². The van der Waals surface area contributed by atoms with Crippen molar-refractivity contribution in [3.05, 3.63) is 0 Å². The summed E-state index contributed by atoms with van der Waals surface area (Å²) >= 11 is 0. The van der Waals surface area contributed by atoms with E-state index in [0.717, 1.165) is 19.3 Å². The number of carboxylic acids is 1. The van der Waals surface area contributed by atoms with Crippen molar-refractivity contribution in [3.8, 4) is 0 Å². The molecule has 0 spiro atoms. The molecular weight excluding hydrogens is 194 g/mol. The number of nitrogens with one attached hydrogen (secondary N) is 1. The first kappa shape index (κ1) is 12.0. The Kier molecular flexibility index (Phi) is 3.72. The fraction of sp³-hybridized carbons (Fsp3) is 0.818. The molecule has 0 radical (unpaired) electrons. The normalized spacial score (nSPS) is 20.1. The van der Waals surface area contributed by atoms with E-state index in [0.29, 0.717) is 6.42 Å². The highest BCUT2D eigenvalue weighted by atomic mass is 16.4. The Morgan fingerprint density at radius 2 is 2.07 bits per heavy atom. The Hall–Kier alpha value is -1.06. The molecule has 0 aromatic heterocycles. The molecular formula is C11H19NO3. The zero-order valence-electron chi connectivity index (χ0n) is 9.38. The first-order valence-corrected chi connectivity index (χ1v) is 5.50. The molecule has 1 amide bonds. The quantitative estimate of drug-likeness (QED) is 0.728. The fourth-order valence-corrected chi connectivity index (χ4v) is 1.66. The molecule has 1 aliphatic carbocycles. The van der Waals surface area contributed by atoms with Crippen LogP contribution in [0.25, 0.3) is 0 Å². The van der Waals surface area contributed by atoms with E-state index in [1.165, 1.54) is 0 Å². The van der Waals surface area contributed by atoms with Crippen LogP contribution < -0.4 is 5.32 Å². The molecule has 0 aromatic rings. The monoisotopic (exact) mass is 213 g/mol. The number of carbonyl (C=O) groups excluding carboxylic acids is 1. The van der Waals surface area contributed by atoms with Crippen molar-refractivity contribution in [2.75, 3.05) is 0 Å². The fourth-order valence-electron chi connectivity index (χ4n) is 1.66. The van der Waals surface area contributed by atoms with Gasteiger partial charge in [0.25, 0.3) is 0 Å². The van der Waals surface area contributed by atoms with Gasteiger partial charge in [-0.2, -0.15) is 0 Å². The van der Waals surface area contributed by atoms with Crippen molar-refractivity contribution in [1.29, 1.82) is 0 Å². The molecule has 1 saturated carbocycles. The van der Waals surface area contributed by atoms with Gasteiger partial charge in [-0.1, -0.05) is 13.3 Å². The van der Waals surface area contributed by atoms with Crippen molar-refractivity contribution < 1.29 is 14.7 Å². The third-order valence-corrected chi connectivity index (χ3v) is 3.22. The third kappa shape index (κ3) is 3.22. The van der Waals surface area contributed by atoms with Crippen molar-refractivity contribution in [3.63, 3.8) is 0 Å². The Bertz CT molecular complexity index is 261. The highest BCUT2D eigenvalue weighted by Crippen LogP contribution is 2.27. The van der Waals surface area contributed by atoms with E-state index in [9.17, 15) is 9.59 Å². The number of carboxylic acid groups (broad SMARTS) is 1. The minimum absolute atomic E-state index is 0.0119. The second-order valence-corrected chi connectivity index (χ2v) is 4.60. The molecule has 0 heterocycles. The largest absolute Gasteiger partial charge is 0.481 e. The molecule has 1 rings (SSSR count). The van der Waals surface area contributed by atoms with Gasteiger partial charge in [0, 0.05) is 11.5 Å². The standard InChI is InChI=1S/C11H19NO3/c1-3-11(2,7-9(13)14)12-10(15)8-5-4-6-8/h8H,3-7H2,1-2H3,(H,12,15)(H,13,14)/t11-/m1/s1. The molecule has 15 heavy (non-hydrogen) atoms. The summed E-state index contributed by atoms with van der Waals surface area (Å²) < 4.78 is 0. The molecule has 0 aromatic carbocycles. The lowest BCUT2D eigenvalue weighted by atomic mass is 9.83. The van der Waals surface area contributed by atoms with E-state index < -0.39 is 11.5 Å². The highest BCUT2D eigenvalue weighted by molar-refractivity contribution is 5.81. The van der Waals surface area contributed by atoms with Crippen LogP contribution in [0.3, 0.4) is 0 Å². The van der Waals surface area contributed by atoms with Crippen LogP contribution in [0.2, 0.25) is 0 Å². The topological polar surface area (TPSA) is 66.4 Å². The van der Waals surface area contributed by atoms with Crippen LogP contribution in [0.15, 0.2) is 0 Å². The summed E-state index contributed by atoms with van der Waals surface area (Å²) in [6.45, 7) is 3.68. The number of carbonyl (C=O) groups is 2. The maximum atomic E-state index is 11.7. The molecule has 4 nitrogen and oxygen atoms in total. The van der Waals surface area contributed by atoms with Gasteiger partial charge in [0.05, 0.1) is 6.42 Å². The van der Waals surface area contributed by atoms with Crippen molar-refractivity contribution >= 4 is 11.9 Å². The summed E-state index contributed by atoms with van der Waals surface area (Å²) in [5.41, 5.74) is -0.599. The molecule has 0 saturated heterocycles. The predicted octanol–water partition coefficient (Wildman–Crippen LogP) is 1.55. The highest BCUT2D eigenvalue weighted by Gasteiger charge is 2.32. The van der Waals surface area contributed by atoms with Gasteiger partial charge in [0.2, 0.25) is 5.91 Å². The van der Waals surface area contributed by atoms with Gasteiger partial charge < -0.3 is 10.4 Å². The average Bonchev–Trinajstić information content (AvgIpc) is 1.98. The second-order valence-electron chi connectivity index (χ2n) is 4.60. The van der Waals surface area contributed by atoms with Crippen LogP contribution >= 0.6 is 0 Å². The molecule has 2 N–H and O–H groups in total. The predicted molar refractivity (Wildman–Crippen MR) is 56.4 cm³/mol. The van der Waals surface area contributed by atoms with Gasteiger partial charge in [-0.05, 0) is 26.2 Å². The van der Waals surface area contributed by atoms with Gasteiger partial charge in [-0.25, -0.2) is 0 Å². The summed E-state index contributed by atoms with van der Waals surface area (Å²) in [5.74, 6) is -0.732. The van der Waals surface area contributed by atoms with E-state index in [1.807, 2.05) is 6.92 Å². The lowest BCUT2D eigenvalue weighted by Crippen LogP contribution is -2.50. The number of hydrogen-bond donors (Lipinski definition) is 2. The summed E-state index contributed by atoms with van der Waals surface area (Å²) in [4.78, 5) is 22.3. The Morgan fingerprint density at radius 3 is 2.40 bits per heavy atom. The van der Waals surface area contributed by atoms with Crippen LogP contribution in [-0.2, 0) is 9.59 Å². The van der Waals surface area contributed by atoms with Crippen LogP contribution in [0.4, 0.5) is 0 Å². The summed E-state index contributed by atoms with van der Waals surface area (Å²) in [7, 11) is 0. The van der Waals surface area contributed by atoms with Gasteiger partial charge in [-0.15, -0.1) is 0 Å². The van der Waals surface area contributed by atoms with E-state index in [2.05, 4.69) is 5.32 Å². The first-order chi connectivity index (χ1) is 6.97. The van der Waals surface area contributed by atoms with Gasteiger partial charge >= 0.3 is 5.97 Å². The number of amides is 1. The Balaban J connectivity index is 2.50. The number of aliphatic carboxylic acids is 1. The summed E-state index contributed by atoms with van der Waals surface area (Å²) in [6, 6.07) is 0. The van der Waals surface area contributed by atoms with Gasteiger partial charge in [0.1, 0.15) is 0 Å². The molecule has 1 aliphatic rings. The zero-order valence-corrected chi connectivity index (χ0v) is 9.38. The molecule has 0 bridgehead atoms. The SMILES string of the molecule is CC[C@](C)(CC(=O)O)NC(=O)C1CCC1.